The zero-order valence-corrected chi connectivity index (χ0v) is 25.9. The first-order chi connectivity index (χ1) is 21.3. The van der Waals surface area contributed by atoms with Gasteiger partial charge in [-0.05, 0) is 47.9 Å². The maximum atomic E-state index is 6.61. The van der Waals surface area contributed by atoms with E-state index in [1.807, 2.05) is 60.8 Å². The van der Waals surface area contributed by atoms with E-state index in [1.165, 1.54) is 0 Å². The van der Waals surface area contributed by atoms with E-state index in [9.17, 15) is 0 Å². The number of hydrogen-bond acceptors (Lipinski definition) is 5. The second-order valence-corrected chi connectivity index (χ2v) is 11.8. The first kappa shape index (κ1) is 25.8. The van der Waals surface area contributed by atoms with Gasteiger partial charge in [0.2, 0.25) is 6.71 Å². The van der Waals surface area contributed by atoms with Crippen LogP contribution in [-0.2, 0) is 21.1 Å². The van der Waals surface area contributed by atoms with E-state index >= 15 is 0 Å². The normalized spacial score (nSPS) is 12.7. The number of aromatic nitrogens is 3. The molecule has 0 atom stereocenters. The Kier molecular flexibility index (Phi) is 5.65. The van der Waals surface area contributed by atoms with Crippen LogP contribution >= 0.6 is 11.3 Å². The van der Waals surface area contributed by atoms with Crippen LogP contribution in [0.5, 0.6) is 23.0 Å². The van der Waals surface area contributed by atoms with Gasteiger partial charge < -0.3 is 14.0 Å². The number of nitrogens with zero attached hydrogens (tertiary/aromatic N) is 3. The summed E-state index contributed by atoms with van der Waals surface area (Å²) in [5.74, 6) is 4.00. The van der Waals surface area contributed by atoms with Gasteiger partial charge in [-0.1, -0.05) is 53.4 Å². The van der Waals surface area contributed by atoms with Crippen molar-refractivity contribution in [2.24, 2.45) is 0 Å². The number of ether oxygens (including phenoxy) is 2. The van der Waals surface area contributed by atoms with E-state index in [0.717, 1.165) is 87.8 Å². The van der Waals surface area contributed by atoms with Gasteiger partial charge >= 0.3 is 21.1 Å². The summed E-state index contributed by atoms with van der Waals surface area (Å²) >= 11 is 1.68. The molecule has 8 heteroatoms. The summed E-state index contributed by atoms with van der Waals surface area (Å²) in [5.41, 5.74) is 6.88. The minimum absolute atomic E-state index is 0. The van der Waals surface area contributed by atoms with Crippen LogP contribution in [0.4, 0.5) is 0 Å². The summed E-state index contributed by atoms with van der Waals surface area (Å²) in [5, 5.41) is 3.13. The molecule has 2 aliphatic heterocycles. The molecule has 2 aliphatic rings. The van der Waals surface area contributed by atoms with Crippen LogP contribution in [-0.4, -0.2) is 21.2 Å². The Labute approximate surface area is 271 Å². The zero-order valence-electron chi connectivity index (χ0n) is 22.9. The Hall–Kier alpha value is -4.71. The van der Waals surface area contributed by atoms with E-state index < -0.39 is 0 Å². The Morgan fingerprint density at radius 3 is 2.36 bits per heavy atom. The van der Waals surface area contributed by atoms with Crippen LogP contribution < -0.4 is 25.9 Å². The van der Waals surface area contributed by atoms with Gasteiger partial charge in [-0.3, -0.25) is 4.98 Å². The monoisotopic (exact) mass is 762 g/mol. The maximum Gasteiger partial charge on any atom is 2.00 e. The number of thiazole rings is 1. The summed E-state index contributed by atoms with van der Waals surface area (Å²) < 4.78 is 16.4. The molecule has 0 saturated carbocycles. The molecule has 8 aromatic rings. The molecular weight excluding hydrogens is 744 g/mol. The third-order valence-corrected chi connectivity index (χ3v) is 9.45. The van der Waals surface area contributed by atoms with Crippen molar-refractivity contribution in [3.8, 4) is 39.4 Å². The second-order valence-electron chi connectivity index (χ2n) is 10.8. The largest absolute Gasteiger partial charge is 2.00 e. The van der Waals surface area contributed by atoms with Crippen molar-refractivity contribution in [2.45, 2.75) is 0 Å². The fourth-order valence-electron chi connectivity index (χ4n) is 6.52. The van der Waals surface area contributed by atoms with Gasteiger partial charge in [0.25, 0.3) is 0 Å². The number of pyridine rings is 1. The van der Waals surface area contributed by atoms with Gasteiger partial charge in [0, 0.05) is 38.4 Å². The van der Waals surface area contributed by atoms with E-state index in [4.69, 9.17) is 19.4 Å². The van der Waals surface area contributed by atoms with Crippen molar-refractivity contribution in [2.75, 3.05) is 0 Å². The van der Waals surface area contributed by atoms with Crippen molar-refractivity contribution in [1.29, 1.82) is 0 Å². The predicted molar refractivity (Wildman–Crippen MR) is 173 cm³/mol. The molecule has 0 amide bonds. The van der Waals surface area contributed by atoms with Crippen molar-refractivity contribution in [1.82, 2.24) is 14.5 Å². The third-order valence-electron chi connectivity index (χ3n) is 8.38. The molecular formula is C36H18BN3O2PtS. The molecule has 44 heavy (non-hydrogen) atoms. The molecule has 0 aliphatic carbocycles. The second kappa shape index (κ2) is 9.65. The Bertz CT molecular complexity index is 2410. The molecule has 0 radical (unpaired) electrons. The Morgan fingerprint density at radius 1 is 0.705 bits per heavy atom. The molecule has 0 bridgehead atoms. The number of benzene rings is 5. The van der Waals surface area contributed by atoms with Crippen molar-refractivity contribution < 1.29 is 30.5 Å². The molecule has 208 valence electrons. The van der Waals surface area contributed by atoms with Crippen LogP contribution in [0.25, 0.3) is 48.4 Å². The average Bonchev–Trinajstić information content (AvgIpc) is 3.63. The van der Waals surface area contributed by atoms with Gasteiger partial charge in [-0.15, -0.1) is 40.8 Å². The third kappa shape index (κ3) is 3.63. The first-order valence-electron chi connectivity index (χ1n) is 14.1. The number of rotatable bonds is 2. The first-order valence-corrected chi connectivity index (χ1v) is 14.9. The summed E-state index contributed by atoms with van der Waals surface area (Å²) in [7, 11) is 0. The molecule has 0 N–H and O–H groups in total. The van der Waals surface area contributed by atoms with Gasteiger partial charge in [-0.25, -0.2) is 4.98 Å². The molecule has 0 fully saturated rings. The van der Waals surface area contributed by atoms with Crippen LogP contribution in [0.3, 0.4) is 0 Å². The predicted octanol–water partition coefficient (Wildman–Crippen LogP) is 6.78. The smallest absolute Gasteiger partial charge is 0.518 e. The van der Waals surface area contributed by atoms with Crippen LogP contribution in [0.1, 0.15) is 0 Å². The number of fused-ring (bicyclic) bond motifs is 8. The molecule has 5 aromatic carbocycles. The fraction of sp³-hybridized carbons (Fsp3) is 0. The quantitative estimate of drug-likeness (QED) is 0.144. The SMILES string of the molecule is [Pt+2].[c-]1c(-c2nc3ccccc3s2)ccc2c1B1c3[c-]c4c(cc3Oc3cccc(c31)O2)c1ccccc1n4-c1ccccn1. The van der Waals surface area contributed by atoms with Gasteiger partial charge in [-0.2, -0.15) is 17.4 Å². The molecule has 0 saturated heterocycles. The molecule has 10 rings (SSSR count). The topological polar surface area (TPSA) is 49.2 Å². The molecule has 5 heterocycles. The molecule has 5 nitrogen and oxygen atoms in total. The minimum Gasteiger partial charge on any atom is -0.518 e. The maximum absolute atomic E-state index is 6.61. The Balaban J connectivity index is 0.00000270. The zero-order chi connectivity index (χ0) is 28.1. The molecule has 3 aromatic heterocycles. The number of hydrogen-bond donors (Lipinski definition) is 0. The van der Waals surface area contributed by atoms with Gasteiger partial charge in [0.05, 0.1) is 5.52 Å². The Morgan fingerprint density at radius 2 is 1.50 bits per heavy atom. The van der Waals surface area contributed by atoms with E-state index in [2.05, 4.69) is 65.2 Å². The minimum atomic E-state index is -0.173. The van der Waals surface area contributed by atoms with Crippen LogP contribution in [0, 0.1) is 12.1 Å². The average molecular weight is 763 g/mol. The van der Waals surface area contributed by atoms with E-state index in [-0.39, 0.29) is 27.8 Å². The van der Waals surface area contributed by atoms with Crippen LogP contribution in [0.2, 0.25) is 0 Å². The van der Waals surface area contributed by atoms with Crippen molar-refractivity contribution in [3.63, 3.8) is 0 Å². The van der Waals surface area contributed by atoms with E-state index in [1.54, 1.807) is 11.3 Å². The van der Waals surface area contributed by atoms with Crippen molar-refractivity contribution >= 4 is 66.5 Å². The number of para-hydroxylation sites is 2. The summed E-state index contributed by atoms with van der Waals surface area (Å²) in [6.45, 7) is -0.173. The van der Waals surface area contributed by atoms with Gasteiger partial charge in [0.1, 0.15) is 17.3 Å². The van der Waals surface area contributed by atoms with Gasteiger partial charge in [0.15, 0.2) is 0 Å². The summed E-state index contributed by atoms with van der Waals surface area (Å²) in [6.07, 6.45) is 1.83. The molecule has 0 unspecified atom stereocenters. The van der Waals surface area contributed by atoms with Crippen molar-refractivity contribution in [3.05, 3.63) is 121 Å². The fourth-order valence-corrected chi connectivity index (χ4v) is 7.47. The summed E-state index contributed by atoms with van der Waals surface area (Å²) in [6, 6.07) is 42.5. The van der Waals surface area contributed by atoms with E-state index in [0.29, 0.717) is 0 Å². The summed E-state index contributed by atoms with van der Waals surface area (Å²) in [4.78, 5) is 9.63. The van der Waals surface area contributed by atoms with Crippen LogP contribution in [0.15, 0.2) is 109 Å². The standard InChI is InChI=1S/C36H18BN3O2S.Pt/c1-3-10-27-22(8-1)23-19-32-25(20-28(23)40(27)34-14-5-6-17-38-34)37-24-18-21(36-39-26-9-2-4-13-33(26)43-36)15-16-29(24)41-30-11-7-12-31(42-32)35(30)37;/h1-17,19H;/q-2;+2. The molecule has 0 spiro atoms.